The second kappa shape index (κ2) is 7.48. The molecule has 3 heterocycles. The van der Waals surface area contributed by atoms with Gasteiger partial charge in [0.05, 0.1) is 18.4 Å². The molecule has 1 aliphatic carbocycles. The number of ether oxygens (including phenoxy) is 1. The molecule has 0 saturated carbocycles. The fourth-order valence-corrected chi connectivity index (χ4v) is 4.14. The number of carbonyl (C=O) groups excluding carboxylic acids is 1. The average molecular weight is 359 g/mol. The van der Waals surface area contributed by atoms with Gasteiger partial charge in [-0.05, 0) is 44.4 Å². The standard InChI is InChI=1S/C19H29N5O2/c1-14(25)23-7-8-26-17(13-23)12-22(2)16-10-24(11-16)19-9-15-5-3-4-6-18(15)20-21-19/h9,16-17H,3-8,10-13H2,1-2H3. The first-order valence-corrected chi connectivity index (χ1v) is 9.78. The molecule has 1 unspecified atom stereocenters. The summed E-state index contributed by atoms with van der Waals surface area (Å²) in [5.74, 6) is 1.16. The number of hydrogen-bond acceptors (Lipinski definition) is 6. The van der Waals surface area contributed by atoms with Crippen molar-refractivity contribution in [1.29, 1.82) is 0 Å². The predicted molar refractivity (Wildman–Crippen MR) is 99.3 cm³/mol. The molecule has 1 aromatic heterocycles. The number of anilines is 1. The highest BCUT2D eigenvalue weighted by molar-refractivity contribution is 5.73. The molecular formula is C19H29N5O2. The number of aromatic nitrogens is 2. The van der Waals surface area contributed by atoms with Crippen molar-refractivity contribution >= 4 is 11.7 Å². The zero-order valence-corrected chi connectivity index (χ0v) is 15.9. The van der Waals surface area contributed by atoms with E-state index in [9.17, 15) is 4.79 Å². The first kappa shape index (κ1) is 17.7. The Hall–Kier alpha value is -1.73. The smallest absolute Gasteiger partial charge is 0.219 e. The Labute approximate surface area is 155 Å². The number of nitrogens with zero attached hydrogens (tertiary/aromatic N) is 5. The van der Waals surface area contributed by atoms with Gasteiger partial charge in [-0.1, -0.05) is 0 Å². The van der Waals surface area contributed by atoms with E-state index < -0.39 is 0 Å². The van der Waals surface area contributed by atoms with E-state index in [1.54, 1.807) is 6.92 Å². The van der Waals surface area contributed by atoms with Crippen LogP contribution in [0.2, 0.25) is 0 Å². The monoisotopic (exact) mass is 359 g/mol. The van der Waals surface area contributed by atoms with Gasteiger partial charge in [0.1, 0.15) is 0 Å². The van der Waals surface area contributed by atoms with Crippen LogP contribution in [0.3, 0.4) is 0 Å². The lowest BCUT2D eigenvalue weighted by atomic mass is 9.96. The van der Waals surface area contributed by atoms with Crippen LogP contribution >= 0.6 is 0 Å². The molecule has 3 aliphatic rings. The fraction of sp³-hybridized carbons (Fsp3) is 0.737. The number of amides is 1. The Kier molecular flexibility index (Phi) is 5.09. The Bertz CT molecular complexity index is 661. The van der Waals surface area contributed by atoms with Crippen LogP contribution in [0.1, 0.15) is 31.0 Å². The molecule has 1 amide bonds. The summed E-state index contributed by atoms with van der Waals surface area (Å²) < 4.78 is 5.85. The summed E-state index contributed by atoms with van der Waals surface area (Å²) >= 11 is 0. The summed E-state index contributed by atoms with van der Waals surface area (Å²) in [6.45, 7) is 6.50. The van der Waals surface area contributed by atoms with Crippen molar-refractivity contribution < 1.29 is 9.53 Å². The topological polar surface area (TPSA) is 61.8 Å². The number of rotatable bonds is 4. The van der Waals surface area contributed by atoms with Crippen LogP contribution in [0.15, 0.2) is 6.07 Å². The maximum absolute atomic E-state index is 11.6. The number of hydrogen-bond donors (Lipinski definition) is 0. The normalized spacial score (nSPS) is 23.7. The molecule has 142 valence electrons. The van der Waals surface area contributed by atoms with Crippen LogP contribution in [0.25, 0.3) is 0 Å². The van der Waals surface area contributed by atoms with E-state index in [0.29, 0.717) is 25.7 Å². The second-order valence-electron chi connectivity index (χ2n) is 7.84. The third-order valence-electron chi connectivity index (χ3n) is 5.94. The highest BCUT2D eigenvalue weighted by atomic mass is 16.5. The highest BCUT2D eigenvalue weighted by Gasteiger charge is 2.33. The van der Waals surface area contributed by atoms with Gasteiger partial charge >= 0.3 is 0 Å². The molecule has 0 radical (unpaired) electrons. The molecular weight excluding hydrogens is 330 g/mol. The summed E-state index contributed by atoms with van der Waals surface area (Å²) in [6, 6.07) is 2.75. The average Bonchev–Trinajstić information content (AvgIpc) is 2.60. The van der Waals surface area contributed by atoms with Gasteiger partial charge in [-0.25, -0.2) is 0 Å². The highest BCUT2D eigenvalue weighted by Crippen LogP contribution is 2.26. The molecule has 7 nitrogen and oxygen atoms in total. The first-order valence-electron chi connectivity index (χ1n) is 9.78. The minimum atomic E-state index is 0.107. The van der Waals surface area contributed by atoms with Crippen LogP contribution in [0.5, 0.6) is 0 Å². The number of morpholine rings is 1. The van der Waals surface area contributed by atoms with Crippen LogP contribution in [-0.4, -0.2) is 84.4 Å². The summed E-state index contributed by atoms with van der Waals surface area (Å²) in [6.07, 6.45) is 4.83. The Morgan fingerprint density at radius 2 is 2.08 bits per heavy atom. The molecule has 0 N–H and O–H groups in total. The zero-order valence-electron chi connectivity index (χ0n) is 15.9. The van der Waals surface area contributed by atoms with Crippen molar-refractivity contribution in [2.45, 2.75) is 44.8 Å². The van der Waals surface area contributed by atoms with Crippen molar-refractivity contribution in [2.24, 2.45) is 0 Å². The molecule has 2 aliphatic heterocycles. The minimum Gasteiger partial charge on any atom is -0.373 e. The Balaban J connectivity index is 1.28. The molecule has 1 aromatic rings. The minimum absolute atomic E-state index is 0.107. The van der Waals surface area contributed by atoms with E-state index in [4.69, 9.17) is 4.74 Å². The molecule has 1 atom stereocenters. The van der Waals surface area contributed by atoms with Crippen LogP contribution in [0.4, 0.5) is 5.82 Å². The summed E-state index contributed by atoms with van der Waals surface area (Å²) in [7, 11) is 2.15. The first-order chi connectivity index (χ1) is 12.6. The van der Waals surface area contributed by atoms with E-state index in [1.165, 1.54) is 24.1 Å². The zero-order chi connectivity index (χ0) is 18.1. The Morgan fingerprint density at radius 3 is 2.88 bits per heavy atom. The van der Waals surface area contributed by atoms with Crippen molar-refractivity contribution in [1.82, 2.24) is 20.0 Å². The molecule has 26 heavy (non-hydrogen) atoms. The molecule has 0 bridgehead atoms. The van der Waals surface area contributed by atoms with Gasteiger partial charge in [-0.3, -0.25) is 9.69 Å². The summed E-state index contributed by atoms with van der Waals surface area (Å²) in [4.78, 5) is 18.1. The summed E-state index contributed by atoms with van der Waals surface area (Å²) in [5.41, 5.74) is 2.58. The van der Waals surface area contributed by atoms with Gasteiger partial charge in [0.15, 0.2) is 5.82 Å². The molecule has 2 saturated heterocycles. The lowest BCUT2D eigenvalue weighted by Gasteiger charge is -2.46. The van der Waals surface area contributed by atoms with Gasteiger partial charge in [-0.2, -0.15) is 5.10 Å². The van der Waals surface area contributed by atoms with Crippen LogP contribution in [0, 0.1) is 0 Å². The lowest BCUT2D eigenvalue weighted by Crippen LogP contribution is -2.61. The predicted octanol–water partition coefficient (Wildman–Crippen LogP) is 0.723. The SMILES string of the molecule is CC(=O)N1CCOC(CN(C)C2CN(c3cc4c(nn3)CCCC4)C2)C1. The number of fused-ring (bicyclic) bond motifs is 1. The number of likely N-dealkylation sites (N-methyl/N-ethyl adjacent to an activating group) is 1. The van der Waals surface area contributed by atoms with E-state index >= 15 is 0 Å². The van der Waals surface area contributed by atoms with Gasteiger partial charge < -0.3 is 14.5 Å². The second-order valence-corrected chi connectivity index (χ2v) is 7.84. The lowest BCUT2D eigenvalue weighted by molar-refractivity contribution is -0.137. The van der Waals surface area contributed by atoms with Crippen molar-refractivity contribution in [3.8, 4) is 0 Å². The van der Waals surface area contributed by atoms with E-state index in [0.717, 1.165) is 38.3 Å². The van der Waals surface area contributed by atoms with Crippen molar-refractivity contribution in [3.63, 3.8) is 0 Å². The Morgan fingerprint density at radius 1 is 1.27 bits per heavy atom. The quantitative estimate of drug-likeness (QED) is 0.790. The van der Waals surface area contributed by atoms with E-state index in [1.807, 2.05) is 4.90 Å². The van der Waals surface area contributed by atoms with Crippen molar-refractivity contribution in [2.75, 3.05) is 51.3 Å². The maximum Gasteiger partial charge on any atom is 0.219 e. The molecule has 0 aromatic carbocycles. The summed E-state index contributed by atoms with van der Waals surface area (Å²) in [5, 5.41) is 8.89. The molecule has 7 heteroatoms. The number of aryl methyl sites for hydroxylation is 2. The third-order valence-corrected chi connectivity index (χ3v) is 5.94. The van der Waals surface area contributed by atoms with Crippen molar-refractivity contribution in [3.05, 3.63) is 17.3 Å². The molecule has 0 spiro atoms. The molecule has 4 rings (SSSR count). The largest absolute Gasteiger partial charge is 0.373 e. The number of carbonyl (C=O) groups is 1. The van der Waals surface area contributed by atoms with E-state index in [-0.39, 0.29) is 12.0 Å². The van der Waals surface area contributed by atoms with Gasteiger partial charge in [0.25, 0.3) is 0 Å². The van der Waals surface area contributed by atoms with Crippen LogP contribution in [-0.2, 0) is 22.4 Å². The third kappa shape index (κ3) is 3.69. The molecule has 2 fully saturated rings. The van der Waals surface area contributed by atoms with Gasteiger partial charge in [0, 0.05) is 45.7 Å². The maximum atomic E-state index is 11.6. The van der Waals surface area contributed by atoms with Gasteiger partial charge in [0.2, 0.25) is 5.91 Å². The van der Waals surface area contributed by atoms with Crippen LogP contribution < -0.4 is 4.90 Å². The van der Waals surface area contributed by atoms with E-state index in [2.05, 4.69) is 33.1 Å². The fourth-order valence-electron chi connectivity index (χ4n) is 4.14. The van der Waals surface area contributed by atoms with Gasteiger partial charge in [-0.15, -0.1) is 5.10 Å².